The summed E-state index contributed by atoms with van der Waals surface area (Å²) >= 11 is 7.20. The van der Waals surface area contributed by atoms with Crippen LogP contribution in [0.5, 0.6) is 0 Å². The van der Waals surface area contributed by atoms with E-state index in [4.69, 9.17) is 11.6 Å². The number of anilines is 1. The van der Waals surface area contributed by atoms with Gasteiger partial charge in [0.05, 0.1) is 15.5 Å². The Morgan fingerprint density at radius 1 is 1.30 bits per heavy atom. The second-order valence-electron chi connectivity index (χ2n) is 4.95. The Labute approximate surface area is 142 Å². The Kier molecular flexibility index (Phi) is 4.62. The second-order valence-corrected chi connectivity index (χ2v) is 8.13. The molecule has 1 aliphatic heterocycles. The van der Waals surface area contributed by atoms with Gasteiger partial charge in [-0.3, -0.25) is 10.1 Å². The number of carbonyl (C=O) groups is 1. The predicted molar refractivity (Wildman–Crippen MR) is 87.3 cm³/mol. The first kappa shape index (κ1) is 16.3. The first-order valence-electron chi connectivity index (χ1n) is 6.86. The van der Waals surface area contributed by atoms with Crippen LogP contribution in [0.15, 0.2) is 28.6 Å². The summed E-state index contributed by atoms with van der Waals surface area (Å²) in [5, 5.41) is 10.4. The highest BCUT2D eigenvalue weighted by Crippen LogP contribution is 2.26. The molecule has 1 aromatic heterocycles. The number of hydrogen-bond donors (Lipinski definition) is 1. The van der Waals surface area contributed by atoms with E-state index in [2.05, 4.69) is 15.5 Å². The molecule has 0 radical (unpaired) electrons. The molecular formula is C13H13ClN4O3S2. The van der Waals surface area contributed by atoms with Crippen molar-refractivity contribution in [2.45, 2.75) is 17.7 Å². The van der Waals surface area contributed by atoms with Crippen molar-refractivity contribution in [3.63, 3.8) is 0 Å². The van der Waals surface area contributed by atoms with E-state index in [9.17, 15) is 13.2 Å². The van der Waals surface area contributed by atoms with Gasteiger partial charge >= 0.3 is 0 Å². The van der Waals surface area contributed by atoms with Crippen LogP contribution in [-0.4, -0.2) is 41.9 Å². The number of amides is 1. The molecule has 7 nitrogen and oxygen atoms in total. The van der Waals surface area contributed by atoms with Crippen molar-refractivity contribution in [3.05, 3.63) is 34.3 Å². The summed E-state index contributed by atoms with van der Waals surface area (Å²) in [7, 11) is -3.60. The SMILES string of the molecule is O=C(Nc1nncs1)c1cc(S(=O)(=O)N2CCCC2)ccc1Cl. The Morgan fingerprint density at radius 2 is 2.04 bits per heavy atom. The minimum Gasteiger partial charge on any atom is -0.296 e. The van der Waals surface area contributed by atoms with E-state index in [-0.39, 0.29) is 15.5 Å². The van der Waals surface area contributed by atoms with Gasteiger partial charge in [-0.1, -0.05) is 22.9 Å². The summed E-state index contributed by atoms with van der Waals surface area (Å²) in [6, 6.07) is 4.13. The highest BCUT2D eigenvalue weighted by atomic mass is 35.5. The predicted octanol–water partition coefficient (Wildman–Crippen LogP) is 2.23. The molecule has 0 bridgehead atoms. The molecule has 0 atom stereocenters. The van der Waals surface area contributed by atoms with E-state index in [1.807, 2.05) is 0 Å². The number of hydrogen-bond acceptors (Lipinski definition) is 6. The average molecular weight is 373 g/mol. The van der Waals surface area contributed by atoms with Crippen LogP contribution in [0.3, 0.4) is 0 Å². The van der Waals surface area contributed by atoms with Crippen LogP contribution < -0.4 is 5.32 Å². The molecule has 2 aromatic rings. The van der Waals surface area contributed by atoms with Crippen molar-refractivity contribution < 1.29 is 13.2 Å². The van der Waals surface area contributed by atoms with Gasteiger partial charge in [0.1, 0.15) is 5.51 Å². The molecule has 1 fully saturated rings. The highest BCUT2D eigenvalue weighted by Gasteiger charge is 2.28. The van der Waals surface area contributed by atoms with Crippen LogP contribution in [0, 0.1) is 0 Å². The summed E-state index contributed by atoms with van der Waals surface area (Å²) in [4.78, 5) is 12.3. The fourth-order valence-electron chi connectivity index (χ4n) is 2.31. The van der Waals surface area contributed by atoms with Crippen molar-refractivity contribution in [2.75, 3.05) is 18.4 Å². The molecule has 1 amide bonds. The van der Waals surface area contributed by atoms with Crippen LogP contribution in [0.25, 0.3) is 0 Å². The minimum absolute atomic E-state index is 0.0613. The Balaban J connectivity index is 1.91. The molecule has 2 heterocycles. The lowest BCUT2D eigenvalue weighted by molar-refractivity contribution is 0.102. The van der Waals surface area contributed by atoms with Crippen molar-refractivity contribution in [1.82, 2.24) is 14.5 Å². The van der Waals surface area contributed by atoms with Crippen molar-refractivity contribution in [3.8, 4) is 0 Å². The van der Waals surface area contributed by atoms with Gasteiger partial charge < -0.3 is 0 Å². The quantitative estimate of drug-likeness (QED) is 0.888. The van der Waals surface area contributed by atoms with Gasteiger partial charge in [-0.2, -0.15) is 4.31 Å². The lowest BCUT2D eigenvalue weighted by Crippen LogP contribution is -2.28. The standard InChI is InChI=1S/C13H13ClN4O3S2/c14-11-4-3-9(23(20,21)18-5-1-2-6-18)7-10(11)12(19)16-13-17-15-8-22-13/h3-4,7-8H,1-2,5-6H2,(H,16,17,19). The number of carbonyl (C=O) groups excluding carboxylic acids is 1. The zero-order valence-corrected chi connectivity index (χ0v) is 14.3. The highest BCUT2D eigenvalue weighted by molar-refractivity contribution is 7.89. The Hall–Kier alpha value is -1.55. The second kappa shape index (κ2) is 6.52. The topological polar surface area (TPSA) is 92.3 Å². The number of aromatic nitrogens is 2. The van der Waals surface area contributed by atoms with Gasteiger partial charge in [-0.15, -0.1) is 10.2 Å². The molecule has 10 heteroatoms. The van der Waals surface area contributed by atoms with E-state index in [0.29, 0.717) is 18.2 Å². The molecule has 0 unspecified atom stereocenters. The molecule has 122 valence electrons. The maximum Gasteiger partial charge on any atom is 0.259 e. The molecule has 3 rings (SSSR count). The third-order valence-electron chi connectivity index (χ3n) is 3.47. The molecule has 0 spiro atoms. The largest absolute Gasteiger partial charge is 0.296 e. The number of halogens is 1. The Morgan fingerprint density at radius 3 is 2.70 bits per heavy atom. The molecule has 23 heavy (non-hydrogen) atoms. The number of nitrogens with zero attached hydrogens (tertiary/aromatic N) is 3. The summed E-state index contributed by atoms with van der Waals surface area (Å²) < 4.78 is 26.6. The Bertz CT molecular complexity index is 818. The first-order chi connectivity index (χ1) is 11.0. The van der Waals surface area contributed by atoms with Crippen molar-refractivity contribution >= 4 is 44.0 Å². The van der Waals surface area contributed by atoms with Gasteiger partial charge in [-0.05, 0) is 31.0 Å². The van der Waals surface area contributed by atoms with Crippen molar-refractivity contribution in [1.29, 1.82) is 0 Å². The van der Waals surface area contributed by atoms with E-state index < -0.39 is 15.9 Å². The number of nitrogens with one attached hydrogen (secondary N) is 1. The summed E-state index contributed by atoms with van der Waals surface area (Å²) in [6.45, 7) is 0.995. The molecule has 1 N–H and O–H groups in total. The van der Waals surface area contributed by atoms with E-state index in [1.54, 1.807) is 0 Å². The average Bonchev–Trinajstić information content (AvgIpc) is 3.20. The van der Waals surface area contributed by atoms with E-state index in [1.165, 1.54) is 28.0 Å². The molecular weight excluding hydrogens is 360 g/mol. The molecule has 0 saturated carbocycles. The van der Waals surface area contributed by atoms with Crippen LogP contribution in [0.2, 0.25) is 5.02 Å². The number of benzene rings is 1. The van der Waals surface area contributed by atoms with Crippen molar-refractivity contribution in [2.24, 2.45) is 0 Å². The van der Waals surface area contributed by atoms with Gasteiger partial charge in [0.2, 0.25) is 15.2 Å². The summed E-state index contributed by atoms with van der Waals surface area (Å²) in [5.41, 5.74) is 1.56. The minimum atomic E-state index is -3.60. The van der Waals surface area contributed by atoms with Gasteiger partial charge in [0, 0.05) is 13.1 Å². The third kappa shape index (κ3) is 3.37. The van der Waals surface area contributed by atoms with Gasteiger partial charge in [0.25, 0.3) is 5.91 Å². The van der Waals surface area contributed by atoms with Crippen LogP contribution in [0.4, 0.5) is 5.13 Å². The zero-order valence-electron chi connectivity index (χ0n) is 11.9. The van der Waals surface area contributed by atoms with Crippen LogP contribution >= 0.6 is 22.9 Å². The zero-order chi connectivity index (χ0) is 16.4. The van der Waals surface area contributed by atoms with E-state index in [0.717, 1.165) is 24.2 Å². The molecule has 1 aliphatic rings. The summed E-state index contributed by atoms with van der Waals surface area (Å²) in [6.07, 6.45) is 1.69. The fourth-order valence-corrected chi connectivity index (χ4v) is 4.50. The van der Waals surface area contributed by atoms with E-state index >= 15 is 0 Å². The van der Waals surface area contributed by atoms with Gasteiger partial charge in [0.15, 0.2) is 0 Å². The fraction of sp³-hybridized carbons (Fsp3) is 0.308. The monoisotopic (exact) mass is 372 g/mol. The number of sulfonamides is 1. The first-order valence-corrected chi connectivity index (χ1v) is 9.55. The maximum atomic E-state index is 12.6. The smallest absolute Gasteiger partial charge is 0.259 e. The summed E-state index contributed by atoms with van der Waals surface area (Å²) in [5.74, 6) is -0.523. The lowest BCUT2D eigenvalue weighted by Gasteiger charge is -2.16. The van der Waals surface area contributed by atoms with Gasteiger partial charge in [-0.25, -0.2) is 8.42 Å². The molecule has 1 saturated heterocycles. The normalized spacial score (nSPS) is 15.7. The van der Waals surface area contributed by atoms with Crippen LogP contribution in [-0.2, 0) is 10.0 Å². The lowest BCUT2D eigenvalue weighted by atomic mass is 10.2. The third-order valence-corrected chi connectivity index (χ3v) is 6.30. The van der Waals surface area contributed by atoms with Crippen LogP contribution in [0.1, 0.15) is 23.2 Å². The number of rotatable bonds is 4. The maximum absolute atomic E-state index is 12.6. The molecule has 1 aromatic carbocycles. The molecule has 0 aliphatic carbocycles.